The van der Waals surface area contributed by atoms with Gasteiger partial charge in [0.15, 0.2) is 11.6 Å². The van der Waals surface area contributed by atoms with Crippen LogP contribution >= 0.6 is 39.1 Å². The maximum atomic E-state index is 14.7. The molecule has 0 spiro atoms. The largest absolute Gasteiger partial charge is 0.494 e. The molecule has 1 aliphatic heterocycles. The first-order valence-corrected chi connectivity index (χ1v) is 16.1. The Morgan fingerprint density at radius 1 is 1.00 bits per heavy atom. The van der Waals surface area contributed by atoms with Crippen molar-refractivity contribution in [3.63, 3.8) is 0 Å². The summed E-state index contributed by atoms with van der Waals surface area (Å²) in [6, 6.07) is 28.6. The van der Waals surface area contributed by atoms with Crippen LogP contribution in [-0.4, -0.2) is 41.7 Å². The second-order valence-corrected chi connectivity index (χ2v) is 12.8. The van der Waals surface area contributed by atoms with Gasteiger partial charge in [-0.25, -0.2) is 4.99 Å². The van der Waals surface area contributed by atoms with Crippen LogP contribution in [0.15, 0.2) is 100 Å². The SMILES string of the molecule is O=C(NC1Cc2ccccc2C1)[C@]1(Cc2ccccc2Br)N=C(c2ccc(OCCCO)cc2)O[C@@H]1c1ccc(Cl)cc1Cl. The van der Waals surface area contributed by atoms with Gasteiger partial charge in [0.05, 0.1) is 6.61 Å². The molecule has 1 amide bonds. The van der Waals surface area contributed by atoms with Gasteiger partial charge in [0.25, 0.3) is 5.91 Å². The van der Waals surface area contributed by atoms with E-state index in [2.05, 4.69) is 33.4 Å². The summed E-state index contributed by atoms with van der Waals surface area (Å²) in [5, 5.41) is 13.3. The summed E-state index contributed by atoms with van der Waals surface area (Å²) in [5.74, 6) is 0.761. The molecule has 0 radical (unpaired) electrons. The Morgan fingerprint density at radius 3 is 2.39 bits per heavy atom. The lowest BCUT2D eigenvalue weighted by molar-refractivity contribution is -0.129. The number of aliphatic imine (C=N–C) groups is 1. The Morgan fingerprint density at radius 2 is 1.70 bits per heavy atom. The molecule has 2 aliphatic rings. The Bertz CT molecular complexity index is 1670. The highest BCUT2D eigenvalue weighted by atomic mass is 79.9. The molecular weight excluding hydrogens is 663 g/mol. The number of rotatable bonds is 10. The number of nitrogens with zero attached hydrogens (tertiary/aromatic N) is 1. The predicted octanol–water partition coefficient (Wildman–Crippen LogP) is 7.30. The van der Waals surface area contributed by atoms with E-state index in [1.165, 1.54) is 11.1 Å². The Kier molecular flexibility index (Phi) is 9.29. The lowest BCUT2D eigenvalue weighted by Crippen LogP contribution is -2.53. The van der Waals surface area contributed by atoms with E-state index >= 15 is 0 Å². The highest BCUT2D eigenvalue weighted by molar-refractivity contribution is 9.10. The van der Waals surface area contributed by atoms with Crippen molar-refractivity contribution in [2.24, 2.45) is 4.99 Å². The number of fused-ring (bicyclic) bond motifs is 1. The zero-order chi connectivity index (χ0) is 30.7. The third kappa shape index (κ3) is 6.38. The van der Waals surface area contributed by atoms with Crippen LogP contribution in [0.1, 0.15) is 40.3 Å². The van der Waals surface area contributed by atoms with E-state index in [1.54, 1.807) is 18.2 Å². The highest BCUT2D eigenvalue weighted by Crippen LogP contribution is 2.46. The molecule has 2 atom stereocenters. The van der Waals surface area contributed by atoms with E-state index in [9.17, 15) is 4.79 Å². The number of nitrogens with one attached hydrogen (secondary N) is 1. The molecule has 0 fully saturated rings. The topological polar surface area (TPSA) is 80.2 Å². The van der Waals surface area contributed by atoms with Gasteiger partial charge in [-0.15, -0.1) is 0 Å². The Balaban J connectivity index is 1.42. The molecule has 0 saturated heterocycles. The molecule has 4 aromatic rings. The third-order valence-corrected chi connectivity index (χ3v) is 9.41. The maximum absolute atomic E-state index is 14.7. The van der Waals surface area contributed by atoms with E-state index in [0.29, 0.717) is 45.8 Å². The van der Waals surface area contributed by atoms with Gasteiger partial charge in [0.1, 0.15) is 5.75 Å². The summed E-state index contributed by atoms with van der Waals surface area (Å²) in [7, 11) is 0. The van der Waals surface area contributed by atoms with Crippen LogP contribution in [0, 0.1) is 0 Å². The fourth-order valence-corrected chi connectivity index (χ4v) is 6.81. The molecule has 1 aliphatic carbocycles. The number of ether oxygens (including phenoxy) is 2. The van der Waals surface area contributed by atoms with Crippen molar-refractivity contribution in [1.82, 2.24) is 5.32 Å². The zero-order valence-corrected chi connectivity index (χ0v) is 26.9. The summed E-state index contributed by atoms with van der Waals surface area (Å²) in [4.78, 5) is 19.8. The number of carbonyl (C=O) groups is 1. The monoisotopic (exact) mass is 692 g/mol. The van der Waals surface area contributed by atoms with Gasteiger partial charge in [0.2, 0.25) is 5.90 Å². The summed E-state index contributed by atoms with van der Waals surface area (Å²) in [6.07, 6.45) is 1.46. The zero-order valence-electron chi connectivity index (χ0n) is 23.8. The summed E-state index contributed by atoms with van der Waals surface area (Å²) >= 11 is 16.8. The minimum Gasteiger partial charge on any atom is -0.494 e. The van der Waals surface area contributed by atoms with Gasteiger partial charge in [-0.1, -0.05) is 87.7 Å². The van der Waals surface area contributed by atoms with Gasteiger partial charge >= 0.3 is 0 Å². The molecule has 226 valence electrons. The van der Waals surface area contributed by atoms with Gasteiger partial charge < -0.3 is 19.9 Å². The van der Waals surface area contributed by atoms with E-state index in [-0.39, 0.29) is 25.0 Å². The van der Waals surface area contributed by atoms with E-state index in [4.69, 9.17) is 42.8 Å². The van der Waals surface area contributed by atoms with E-state index in [0.717, 1.165) is 22.9 Å². The van der Waals surface area contributed by atoms with Crippen LogP contribution in [0.25, 0.3) is 0 Å². The number of amides is 1. The van der Waals surface area contributed by atoms with Crippen LogP contribution < -0.4 is 10.1 Å². The molecule has 6 rings (SSSR count). The summed E-state index contributed by atoms with van der Waals surface area (Å²) in [5.41, 5.74) is 3.32. The van der Waals surface area contributed by atoms with Crippen molar-refractivity contribution in [2.45, 2.75) is 43.4 Å². The van der Waals surface area contributed by atoms with Crippen molar-refractivity contribution < 1.29 is 19.4 Å². The average molecular weight is 694 g/mol. The number of benzene rings is 4. The van der Waals surface area contributed by atoms with E-state index < -0.39 is 11.6 Å². The molecule has 0 saturated carbocycles. The minimum absolute atomic E-state index is 0.0615. The van der Waals surface area contributed by atoms with Gasteiger partial charge in [0, 0.05) is 51.1 Å². The molecule has 1 heterocycles. The molecular formula is C35H31BrCl2N2O4. The van der Waals surface area contributed by atoms with Crippen molar-refractivity contribution >= 4 is 50.9 Å². The molecule has 0 unspecified atom stereocenters. The first kappa shape index (κ1) is 30.7. The number of carbonyl (C=O) groups excluding carboxylic acids is 1. The Labute approximate surface area is 275 Å². The molecule has 9 heteroatoms. The number of halogens is 3. The lowest BCUT2D eigenvalue weighted by atomic mass is 9.81. The number of hydrogen-bond donors (Lipinski definition) is 2. The summed E-state index contributed by atoms with van der Waals surface area (Å²) < 4.78 is 13.2. The standard InChI is InChI=1S/C35H31BrCl2N2O4/c36-30-9-4-3-8-25(30)21-35(34(42)39-27-18-23-6-1-2-7-24(23)19-27)32(29-15-12-26(37)20-31(29)38)44-33(40-35)22-10-13-28(14-11-22)43-17-5-16-41/h1-4,6-15,20,27,32,41H,5,16-19,21H2,(H,39,42)/t32-,35-/m1/s1. The fourth-order valence-electron chi connectivity index (χ4n) is 5.88. The molecule has 4 aromatic carbocycles. The number of aliphatic hydroxyl groups is 1. The molecule has 0 aromatic heterocycles. The predicted molar refractivity (Wildman–Crippen MR) is 177 cm³/mol. The smallest absolute Gasteiger partial charge is 0.252 e. The van der Waals surface area contributed by atoms with Crippen molar-refractivity contribution in [1.29, 1.82) is 0 Å². The first-order valence-electron chi connectivity index (χ1n) is 14.5. The fraction of sp³-hybridized carbons (Fsp3) is 0.257. The minimum atomic E-state index is -1.39. The van der Waals surface area contributed by atoms with Crippen molar-refractivity contribution in [3.05, 3.63) is 133 Å². The van der Waals surface area contributed by atoms with Crippen LogP contribution in [-0.2, 0) is 28.8 Å². The number of hydrogen-bond acceptors (Lipinski definition) is 5. The quantitative estimate of drug-likeness (QED) is 0.171. The second kappa shape index (κ2) is 13.3. The molecule has 0 bridgehead atoms. The van der Waals surface area contributed by atoms with E-state index in [1.807, 2.05) is 60.7 Å². The summed E-state index contributed by atoms with van der Waals surface area (Å²) in [6.45, 7) is 0.469. The van der Waals surface area contributed by atoms with Gasteiger partial charge in [-0.2, -0.15) is 0 Å². The highest BCUT2D eigenvalue weighted by Gasteiger charge is 2.54. The first-order chi connectivity index (χ1) is 21.4. The number of aliphatic hydroxyl groups excluding tert-OH is 1. The lowest BCUT2D eigenvalue weighted by Gasteiger charge is -2.32. The van der Waals surface area contributed by atoms with Crippen LogP contribution in [0.4, 0.5) is 0 Å². The average Bonchev–Trinajstić information content (AvgIpc) is 3.61. The third-order valence-electron chi connectivity index (χ3n) is 8.08. The van der Waals surface area contributed by atoms with Gasteiger partial charge in [-0.05, 0) is 72.0 Å². The second-order valence-electron chi connectivity index (χ2n) is 11.1. The molecule has 2 N–H and O–H groups in total. The van der Waals surface area contributed by atoms with Gasteiger partial charge in [-0.3, -0.25) is 4.79 Å². The van der Waals surface area contributed by atoms with Crippen LogP contribution in [0.2, 0.25) is 10.0 Å². The van der Waals surface area contributed by atoms with Crippen molar-refractivity contribution in [2.75, 3.05) is 13.2 Å². The molecule has 6 nitrogen and oxygen atoms in total. The molecule has 44 heavy (non-hydrogen) atoms. The van der Waals surface area contributed by atoms with Crippen LogP contribution in [0.5, 0.6) is 5.75 Å². The van der Waals surface area contributed by atoms with Crippen LogP contribution in [0.3, 0.4) is 0 Å². The Hall–Kier alpha value is -3.36. The normalized spacial score (nSPS) is 19.3. The maximum Gasteiger partial charge on any atom is 0.252 e. The van der Waals surface area contributed by atoms with Crippen molar-refractivity contribution in [3.8, 4) is 5.75 Å².